The number of alkyl halides is 2. The number of fused-ring (bicyclic) bond motifs is 1. The van der Waals surface area contributed by atoms with Crippen molar-refractivity contribution in [3.8, 4) is 28.6 Å². The molecule has 4 rings (SSSR count). The van der Waals surface area contributed by atoms with E-state index in [1.807, 2.05) is 30.3 Å². The van der Waals surface area contributed by atoms with Crippen molar-refractivity contribution in [2.75, 3.05) is 25.5 Å². The Labute approximate surface area is 204 Å². The van der Waals surface area contributed by atoms with E-state index >= 15 is 0 Å². The second-order valence-corrected chi connectivity index (χ2v) is 9.12. The molecule has 0 saturated heterocycles. The van der Waals surface area contributed by atoms with Crippen LogP contribution in [0, 0.1) is 0 Å². The van der Waals surface area contributed by atoms with Crippen molar-refractivity contribution in [2.45, 2.75) is 11.3 Å². The largest absolute Gasteiger partial charge is 0.478 e. The van der Waals surface area contributed by atoms with E-state index in [1.54, 1.807) is 12.1 Å². The Morgan fingerprint density at radius 1 is 1.06 bits per heavy atom. The van der Waals surface area contributed by atoms with Crippen LogP contribution in [0.3, 0.4) is 0 Å². The summed E-state index contributed by atoms with van der Waals surface area (Å²) in [6, 6.07) is 12.5. The second-order valence-electron chi connectivity index (χ2n) is 7.07. The molecule has 2 N–H and O–H groups in total. The molecule has 0 radical (unpaired) electrons. The lowest BCUT2D eigenvalue weighted by Gasteiger charge is -2.14. The molecule has 13 heteroatoms. The van der Waals surface area contributed by atoms with Gasteiger partial charge in [-0.15, -0.1) is 0 Å². The van der Waals surface area contributed by atoms with Gasteiger partial charge in [0.05, 0.1) is 24.8 Å². The van der Waals surface area contributed by atoms with E-state index in [4.69, 9.17) is 25.8 Å². The van der Waals surface area contributed by atoms with E-state index in [-0.39, 0.29) is 22.4 Å². The summed E-state index contributed by atoms with van der Waals surface area (Å²) in [4.78, 5) is 10.8. The van der Waals surface area contributed by atoms with Crippen LogP contribution in [0.4, 0.5) is 14.7 Å². The molecule has 0 aliphatic carbocycles. The zero-order valence-electron chi connectivity index (χ0n) is 18.4. The van der Waals surface area contributed by atoms with E-state index in [1.165, 1.54) is 20.4 Å². The SMILES string of the molecule is COc1nc(NS(=O)(=O)c2c[nH]c3c(-c4ccccc4)c(Cl)ccc23)nc(OC)c1OCC(F)F. The Morgan fingerprint density at radius 3 is 2.31 bits per heavy atom. The number of anilines is 1. The molecule has 0 aliphatic rings. The highest BCUT2D eigenvalue weighted by Crippen LogP contribution is 2.38. The number of hydrogen-bond acceptors (Lipinski definition) is 7. The number of methoxy groups -OCH3 is 2. The summed E-state index contributed by atoms with van der Waals surface area (Å²) in [6.07, 6.45) is -1.44. The van der Waals surface area contributed by atoms with Gasteiger partial charge in [-0.1, -0.05) is 41.9 Å². The van der Waals surface area contributed by atoms with Crippen molar-refractivity contribution in [2.24, 2.45) is 0 Å². The molecule has 0 bridgehead atoms. The second kappa shape index (κ2) is 9.92. The number of sulfonamides is 1. The molecule has 0 amide bonds. The van der Waals surface area contributed by atoms with Gasteiger partial charge in [-0.05, 0) is 17.7 Å². The standard InChI is InChI=1S/C22H19ClF2N4O5S/c1-32-20-19(34-11-16(24)25)21(33-2)28-22(27-20)29-35(30,31)15-10-26-18-13(15)8-9-14(23)17(18)12-6-4-3-5-7-12/h3-10,16,26H,11H2,1-2H3,(H,27,28,29). The first kappa shape index (κ1) is 24.5. The number of aromatic amines is 1. The molecule has 0 saturated carbocycles. The van der Waals surface area contributed by atoms with Crippen LogP contribution in [-0.2, 0) is 10.0 Å². The lowest BCUT2D eigenvalue weighted by molar-refractivity contribution is 0.0781. The fourth-order valence-electron chi connectivity index (χ4n) is 3.44. The maximum absolute atomic E-state index is 13.3. The fraction of sp³-hybridized carbons (Fsp3) is 0.182. The number of nitrogens with one attached hydrogen (secondary N) is 2. The van der Waals surface area contributed by atoms with Crippen molar-refractivity contribution in [1.29, 1.82) is 0 Å². The van der Waals surface area contributed by atoms with Crippen molar-refractivity contribution in [3.63, 3.8) is 0 Å². The molecule has 184 valence electrons. The third-order valence-electron chi connectivity index (χ3n) is 4.89. The highest BCUT2D eigenvalue weighted by atomic mass is 35.5. The van der Waals surface area contributed by atoms with Crippen LogP contribution in [0.5, 0.6) is 17.5 Å². The number of H-pyrrole nitrogens is 1. The third-order valence-corrected chi connectivity index (χ3v) is 6.57. The van der Waals surface area contributed by atoms with E-state index < -0.39 is 29.0 Å². The van der Waals surface area contributed by atoms with E-state index in [0.29, 0.717) is 21.5 Å². The van der Waals surface area contributed by atoms with E-state index in [2.05, 4.69) is 19.7 Å². The number of benzene rings is 2. The zero-order chi connectivity index (χ0) is 25.2. The van der Waals surface area contributed by atoms with Crippen LogP contribution < -0.4 is 18.9 Å². The summed E-state index contributed by atoms with van der Waals surface area (Å²) in [5.74, 6) is -1.26. The van der Waals surface area contributed by atoms with Gasteiger partial charge in [0.1, 0.15) is 11.5 Å². The molecule has 9 nitrogen and oxygen atoms in total. The molecule has 0 aliphatic heterocycles. The lowest BCUT2D eigenvalue weighted by atomic mass is 10.0. The first-order chi connectivity index (χ1) is 16.7. The topological polar surface area (TPSA) is 115 Å². The van der Waals surface area contributed by atoms with Gasteiger partial charge in [-0.3, -0.25) is 0 Å². The smallest absolute Gasteiger partial charge is 0.272 e. The van der Waals surface area contributed by atoms with Gasteiger partial charge in [0.2, 0.25) is 11.7 Å². The number of aromatic nitrogens is 3. The molecule has 0 atom stereocenters. The number of halogens is 3. The number of nitrogens with zero attached hydrogens (tertiary/aromatic N) is 2. The minimum absolute atomic E-state index is 0.0825. The van der Waals surface area contributed by atoms with Crippen LogP contribution in [0.2, 0.25) is 5.02 Å². The van der Waals surface area contributed by atoms with Gasteiger partial charge >= 0.3 is 0 Å². The van der Waals surface area contributed by atoms with Gasteiger partial charge < -0.3 is 19.2 Å². The zero-order valence-corrected chi connectivity index (χ0v) is 20.0. The third kappa shape index (κ3) is 4.93. The minimum atomic E-state index is -4.22. The van der Waals surface area contributed by atoms with E-state index in [9.17, 15) is 17.2 Å². The average Bonchev–Trinajstić information content (AvgIpc) is 3.27. The van der Waals surface area contributed by atoms with Crippen molar-refractivity contribution in [1.82, 2.24) is 15.0 Å². The summed E-state index contributed by atoms with van der Waals surface area (Å²) >= 11 is 6.43. The highest BCUT2D eigenvalue weighted by Gasteiger charge is 2.25. The van der Waals surface area contributed by atoms with Crippen LogP contribution in [0.25, 0.3) is 22.0 Å². The Bertz CT molecular complexity index is 1440. The van der Waals surface area contributed by atoms with Crippen LogP contribution in [0.1, 0.15) is 0 Å². The lowest BCUT2D eigenvalue weighted by Crippen LogP contribution is -2.16. The highest BCUT2D eigenvalue weighted by molar-refractivity contribution is 7.93. The van der Waals surface area contributed by atoms with Gasteiger partial charge in [-0.25, -0.2) is 21.9 Å². The van der Waals surface area contributed by atoms with Crippen molar-refractivity contribution < 1.29 is 31.4 Å². The fourth-order valence-corrected chi connectivity index (χ4v) is 4.82. The van der Waals surface area contributed by atoms with E-state index in [0.717, 1.165) is 5.56 Å². The molecular weight excluding hydrogens is 506 g/mol. The molecule has 4 aromatic rings. The van der Waals surface area contributed by atoms with Crippen LogP contribution >= 0.6 is 11.6 Å². The Morgan fingerprint density at radius 2 is 1.71 bits per heavy atom. The summed E-state index contributed by atoms with van der Waals surface area (Å²) in [6.45, 7) is -0.956. The van der Waals surface area contributed by atoms with Gasteiger partial charge in [0.25, 0.3) is 28.2 Å². The van der Waals surface area contributed by atoms with Crippen molar-refractivity contribution in [3.05, 3.63) is 53.7 Å². The number of ether oxygens (including phenoxy) is 3. The Hall–Kier alpha value is -3.64. The van der Waals surface area contributed by atoms with Crippen LogP contribution in [-0.4, -0.2) is 50.6 Å². The Balaban J connectivity index is 1.74. The number of rotatable bonds is 9. The maximum atomic E-state index is 13.3. The number of hydrogen-bond donors (Lipinski definition) is 2. The molecule has 2 heterocycles. The predicted molar refractivity (Wildman–Crippen MR) is 126 cm³/mol. The summed E-state index contributed by atoms with van der Waals surface area (Å²) in [5.41, 5.74) is 1.97. The van der Waals surface area contributed by atoms with Crippen molar-refractivity contribution >= 4 is 38.5 Å². The van der Waals surface area contributed by atoms with Crippen LogP contribution in [0.15, 0.2) is 53.6 Å². The summed E-state index contributed by atoms with van der Waals surface area (Å²) in [7, 11) is -1.79. The maximum Gasteiger partial charge on any atom is 0.272 e. The van der Waals surface area contributed by atoms with Gasteiger partial charge in [-0.2, -0.15) is 9.97 Å². The monoisotopic (exact) mass is 524 g/mol. The molecule has 35 heavy (non-hydrogen) atoms. The average molecular weight is 525 g/mol. The summed E-state index contributed by atoms with van der Waals surface area (Å²) in [5, 5.41) is 0.830. The molecular formula is C22H19ClF2N4O5S. The Kier molecular flexibility index (Phi) is 6.94. The molecule has 0 spiro atoms. The molecule has 2 aromatic carbocycles. The molecule has 2 aromatic heterocycles. The summed E-state index contributed by atoms with van der Waals surface area (Å²) < 4.78 is 69.0. The normalized spacial score (nSPS) is 11.6. The molecule has 0 fully saturated rings. The molecule has 0 unspecified atom stereocenters. The predicted octanol–water partition coefficient (Wildman–Crippen LogP) is 4.74. The first-order valence-corrected chi connectivity index (χ1v) is 11.9. The minimum Gasteiger partial charge on any atom is -0.478 e. The quantitative estimate of drug-likeness (QED) is 0.325. The van der Waals surface area contributed by atoms with Gasteiger partial charge in [0, 0.05) is 17.1 Å². The first-order valence-electron chi connectivity index (χ1n) is 10.0. The van der Waals surface area contributed by atoms with Gasteiger partial charge in [0.15, 0.2) is 0 Å².